The van der Waals surface area contributed by atoms with Crippen molar-refractivity contribution in [2.24, 2.45) is 5.73 Å². The van der Waals surface area contributed by atoms with Crippen molar-refractivity contribution in [3.63, 3.8) is 0 Å². The number of benzene rings is 1. The molecule has 1 aliphatic heterocycles. The molecule has 1 aromatic heterocycles. The minimum atomic E-state index is -0.542. The molecule has 2 aromatic rings. The fourth-order valence-electron chi connectivity index (χ4n) is 2.66. The Morgan fingerprint density at radius 2 is 1.68 bits per heavy atom. The van der Waals surface area contributed by atoms with E-state index in [0.29, 0.717) is 17.7 Å². The number of rotatable bonds is 5. The Bertz CT molecular complexity index is 882. The molecule has 1 aromatic carbocycles. The lowest BCUT2D eigenvalue weighted by molar-refractivity contribution is 0.0642. The number of imide groups is 1. The monoisotopic (exact) mass is 424 g/mol. The van der Waals surface area contributed by atoms with Crippen LogP contribution in [0.25, 0.3) is 0 Å². The smallest absolute Gasteiger partial charge is 0.261 e. The quantitative estimate of drug-likeness (QED) is 0.715. The summed E-state index contributed by atoms with van der Waals surface area (Å²) in [5, 5.41) is 2.73. The van der Waals surface area contributed by atoms with Crippen LogP contribution in [0.4, 0.5) is 0 Å². The maximum atomic E-state index is 12.6. The first kappa shape index (κ1) is 23.6. The molecule has 2 heterocycles. The minimum Gasteiger partial charge on any atom is -0.350 e. The summed E-state index contributed by atoms with van der Waals surface area (Å²) in [6.45, 7) is 4.06. The van der Waals surface area contributed by atoms with Gasteiger partial charge in [-0.05, 0) is 49.7 Å². The zero-order valence-electron chi connectivity index (χ0n) is 15.5. The molecule has 0 saturated heterocycles. The van der Waals surface area contributed by atoms with Gasteiger partial charge in [0.1, 0.15) is 0 Å². The van der Waals surface area contributed by atoms with Crippen molar-refractivity contribution in [3.8, 4) is 0 Å². The number of nitrogens with zero attached hydrogens (tertiary/aromatic N) is 2. The second-order valence-electron chi connectivity index (χ2n) is 6.98. The van der Waals surface area contributed by atoms with E-state index in [1.54, 1.807) is 44.4 Å². The first-order chi connectivity index (χ1) is 12.3. The van der Waals surface area contributed by atoms with Crippen LogP contribution in [0.3, 0.4) is 0 Å². The van der Waals surface area contributed by atoms with Gasteiger partial charge in [0.2, 0.25) is 0 Å². The van der Waals surface area contributed by atoms with E-state index >= 15 is 0 Å². The molecule has 0 saturated carbocycles. The first-order valence-electron chi connectivity index (χ1n) is 8.22. The Labute approximate surface area is 175 Å². The number of halogens is 2. The summed E-state index contributed by atoms with van der Waals surface area (Å²) >= 11 is 0. The molecule has 0 unspecified atom stereocenters. The van der Waals surface area contributed by atoms with Crippen molar-refractivity contribution >= 4 is 42.5 Å². The molecule has 1 aliphatic rings. The van der Waals surface area contributed by atoms with Crippen LogP contribution in [0, 0.1) is 0 Å². The maximum Gasteiger partial charge on any atom is 0.261 e. The van der Waals surface area contributed by atoms with Crippen molar-refractivity contribution in [1.29, 1.82) is 0 Å². The molecule has 3 N–H and O–H groups in total. The van der Waals surface area contributed by atoms with Gasteiger partial charge in [0, 0.05) is 30.0 Å². The molecule has 3 amide bonds. The van der Waals surface area contributed by atoms with E-state index in [-0.39, 0.29) is 48.7 Å². The van der Waals surface area contributed by atoms with E-state index in [4.69, 9.17) is 5.73 Å². The minimum absolute atomic E-state index is 0. The molecule has 3 rings (SSSR count). The number of hydrogen-bond donors (Lipinski definition) is 2. The Balaban J connectivity index is 0.00000196. The highest BCUT2D eigenvalue weighted by atomic mass is 35.5. The van der Waals surface area contributed by atoms with Crippen LogP contribution in [0.2, 0.25) is 0 Å². The van der Waals surface area contributed by atoms with Gasteiger partial charge in [-0.3, -0.25) is 24.3 Å². The standard InChI is InChI=1S/C19H20N4O3.2ClH/c1-19(2,20)11-22-16(24)13-3-4-14-15(9-13)18(26)23(17(14)25)10-12-5-7-21-8-6-12;;/h3-9H,10-11,20H2,1-2H3,(H,22,24);2*1H. The molecule has 0 aliphatic carbocycles. The van der Waals surface area contributed by atoms with Gasteiger partial charge in [-0.1, -0.05) is 0 Å². The third kappa shape index (κ3) is 5.07. The van der Waals surface area contributed by atoms with Crippen LogP contribution >= 0.6 is 24.8 Å². The van der Waals surface area contributed by atoms with Gasteiger partial charge in [0.05, 0.1) is 17.7 Å². The fourth-order valence-corrected chi connectivity index (χ4v) is 2.66. The van der Waals surface area contributed by atoms with E-state index in [9.17, 15) is 14.4 Å². The number of amides is 3. The Morgan fingerprint density at radius 3 is 2.29 bits per heavy atom. The Hall–Kier alpha value is -2.48. The summed E-state index contributed by atoms with van der Waals surface area (Å²) in [7, 11) is 0. The van der Waals surface area contributed by atoms with Gasteiger partial charge in [0.25, 0.3) is 17.7 Å². The molecule has 0 radical (unpaired) electrons. The molecular weight excluding hydrogens is 403 g/mol. The summed E-state index contributed by atoms with van der Waals surface area (Å²) in [6.07, 6.45) is 3.21. The van der Waals surface area contributed by atoms with Gasteiger partial charge in [-0.25, -0.2) is 0 Å². The van der Waals surface area contributed by atoms with Crippen LogP contribution in [0.5, 0.6) is 0 Å². The summed E-state index contributed by atoms with van der Waals surface area (Å²) < 4.78 is 0. The summed E-state index contributed by atoms with van der Waals surface area (Å²) in [5.41, 5.74) is 6.98. The van der Waals surface area contributed by atoms with Crippen LogP contribution in [0.15, 0.2) is 42.7 Å². The van der Waals surface area contributed by atoms with Crippen molar-refractivity contribution in [2.45, 2.75) is 25.9 Å². The highest BCUT2D eigenvalue weighted by molar-refractivity contribution is 6.22. The zero-order chi connectivity index (χ0) is 18.9. The average Bonchev–Trinajstić information content (AvgIpc) is 2.84. The van der Waals surface area contributed by atoms with E-state index < -0.39 is 11.4 Å². The van der Waals surface area contributed by atoms with E-state index in [2.05, 4.69) is 10.3 Å². The predicted octanol–water partition coefficient (Wildman–Crippen LogP) is 2.19. The molecule has 0 atom stereocenters. The Morgan fingerprint density at radius 1 is 1.07 bits per heavy atom. The van der Waals surface area contributed by atoms with Gasteiger partial charge in [0.15, 0.2) is 0 Å². The molecular formula is C19H22Cl2N4O3. The zero-order valence-corrected chi connectivity index (χ0v) is 17.1. The van der Waals surface area contributed by atoms with E-state index in [1.807, 2.05) is 0 Å². The van der Waals surface area contributed by atoms with Crippen molar-refractivity contribution < 1.29 is 14.4 Å². The Kier molecular flexibility index (Phi) is 7.69. The lowest BCUT2D eigenvalue weighted by Gasteiger charge is -2.18. The van der Waals surface area contributed by atoms with Crippen LogP contribution < -0.4 is 11.1 Å². The molecule has 150 valence electrons. The summed E-state index contributed by atoms with van der Waals surface area (Å²) in [4.78, 5) is 42.5. The molecule has 0 fully saturated rings. The first-order valence-corrected chi connectivity index (χ1v) is 8.22. The van der Waals surface area contributed by atoms with Crippen LogP contribution in [-0.2, 0) is 6.54 Å². The number of hydrogen-bond acceptors (Lipinski definition) is 5. The van der Waals surface area contributed by atoms with Gasteiger partial charge in [-0.2, -0.15) is 0 Å². The number of carbonyl (C=O) groups is 3. The number of nitrogens with two attached hydrogens (primary N) is 1. The summed E-state index contributed by atoms with van der Waals surface area (Å²) in [6, 6.07) is 8.01. The molecule has 0 bridgehead atoms. The number of carbonyl (C=O) groups excluding carboxylic acids is 3. The second-order valence-corrected chi connectivity index (χ2v) is 6.98. The third-order valence-corrected chi connectivity index (χ3v) is 4.03. The fraction of sp³-hybridized carbons (Fsp3) is 0.263. The number of aromatic nitrogens is 1. The van der Waals surface area contributed by atoms with Crippen molar-refractivity contribution in [1.82, 2.24) is 15.2 Å². The SMILES string of the molecule is CC(C)(N)CNC(=O)c1ccc2c(c1)C(=O)N(Cc1ccncc1)C2=O.Cl.Cl. The lowest BCUT2D eigenvalue weighted by Crippen LogP contribution is -2.45. The third-order valence-electron chi connectivity index (χ3n) is 4.03. The molecule has 28 heavy (non-hydrogen) atoms. The van der Waals surface area contributed by atoms with E-state index in [0.717, 1.165) is 5.56 Å². The largest absolute Gasteiger partial charge is 0.350 e. The second kappa shape index (κ2) is 9.14. The average molecular weight is 425 g/mol. The lowest BCUT2D eigenvalue weighted by atomic mass is 10.0. The molecule has 0 spiro atoms. The van der Waals surface area contributed by atoms with Crippen molar-refractivity contribution in [3.05, 3.63) is 65.0 Å². The molecule has 9 heteroatoms. The highest BCUT2D eigenvalue weighted by Crippen LogP contribution is 2.25. The summed E-state index contributed by atoms with van der Waals surface area (Å²) in [5.74, 6) is -1.10. The predicted molar refractivity (Wildman–Crippen MR) is 110 cm³/mol. The van der Waals surface area contributed by atoms with Gasteiger partial charge >= 0.3 is 0 Å². The van der Waals surface area contributed by atoms with E-state index in [1.165, 1.54) is 17.0 Å². The number of fused-ring (bicyclic) bond motifs is 1. The van der Waals surface area contributed by atoms with Gasteiger partial charge < -0.3 is 11.1 Å². The van der Waals surface area contributed by atoms with Crippen LogP contribution in [0.1, 0.15) is 50.5 Å². The van der Waals surface area contributed by atoms with Crippen LogP contribution in [-0.4, -0.2) is 39.7 Å². The van der Waals surface area contributed by atoms with Gasteiger partial charge in [-0.15, -0.1) is 24.8 Å². The maximum absolute atomic E-state index is 12.6. The normalized spacial score (nSPS) is 12.8. The number of nitrogens with one attached hydrogen (secondary N) is 1. The highest BCUT2D eigenvalue weighted by Gasteiger charge is 2.36. The number of pyridine rings is 1. The van der Waals surface area contributed by atoms with Crippen molar-refractivity contribution in [2.75, 3.05) is 6.54 Å². The molecule has 7 nitrogen and oxygen atoms in total. The topological polar surface area (TPSA) is 105 Å².